The summed E-state index contributed by atoms with van der Waals surface area (Å²) >= 11 is 13.0. The summed E-state index contributed by atoms with van der Waals surface area (Å²) in [6, 6.07) is 5.48. The molecular weight excluding hydrogens is 467 g/mol. The van der Waals surface area contributed by atoms with Crippen molar-refractivity contribution in [3.05, 3.63) is 51.6 Å². The Morgan fingerprint density at radius 1 is 1.04 bits per heavy atom. The van der Waals surface area contributed by atoms with Crippen LogP contribution in [0, 0.1) is 6.92 Å². The number of hydrogen-bond acceptors (Lipinski definition) is 6. The molecule has 3 aromatic rings. The van der Waals surface area contributed by atoms with E-state index in [2.05, 4.69) is 14.5 Å². The average Bonchev–Trinajstić information content (AvgIpc) is 3.22. The Bertz CT molecular complexity index is 1240. The Kier molecular flexibility index (Phi) is 5.65. The predicted molar refractivity (Wildman–Crippen MR) is 110 cm³/mol. The Hall–Kier alpha value is -1.79. The summed E-state index contributed by atoms with van der Waals surface area (Å²) in [6.07, 6.45) is 1.34. The summed E-state index contributed by atoms with van der Waals surface area (Å²) in [5.74, 6) is 0. The van der Waals surface area contributed by atoms with Gasteiger partial charge in [0, 0.05) is 13.2 Å². The van der Waals surface area contributed by atoms with Crippen LogP contribution in [0.5, 0.6) is 0 Å². The van der Waals surface area contributed by atoms with E-state index in [0.29, 0.717) is 0 Å². The summed E-state index contributed by atoms with van der Waals surface area (Å²) in [4.78, 5) is -0.0480. The van der Waals surface area contributed by atoms with Gasteiger partial charge in [-0.15, -0.1) is 11.3 Å². The number of aromatic nitrogens is 2. The van der Waals surface area contributed by atoms with E-state index in [1.54, 1.807) is 25.4 Å². The van der Waals surface area contributed by atoms with Gasteiger partial charge in [-0.3, -0.25) is 14.1 Å². The molecule has 150 valence electrons. The molecule has 0 bridgehead atoms. The topological polar surface area (TPSA) is 110 Å². The molecule has 0 saturated carbocycles. The van der Waals surface area contributed by atoms with Crippen LogP contribution >= 0.6 is 34.5 Å². The molecule has 2 heterocycles. The van der Waals surface area contributed by atoms with Crippen molar-refractivity contribution in [3.63, 3.8) is 0 Å². The molecule has 2 aromatic heterocycles. The lowest BCUT2D eigenvalue weighted by atomic mass is 10.3. The van der Waals surface area contributed by atoms with Crippen molar-refractivity contribution in [1.29, 1.82) is 0 Å². The van der Waals surface area contributed by atoms with Gasteiger partial charge in [-0.25, -0.2) is 16.8 Å². The fraction of sp³-hybridized carbons (Fsp3) is 0.133. The first-order valence-electron chi connectivity index (χ1n) is 7.58. The third-order valence-electron chi connectivity index (χ3n) is 3.57. The monoisotopic (exact) mass is 480 g/mol. The highest BCUT2D eigenvalue weighted by atomic mass is 35.5. The minimum Gasteiger partial charge on any atom is -0.277 e. The highest BCUT2D eigenvalue weighted by molar-refractivity contribution is 7.94. The molecule has 3 rings (SSSR count). The molecule has 0 aliphatic rings. The van der Waals surface area contributed by atoms with Crippen LogP contribution in [0.25, 0.3) is 0 Å². The number of thiophene rings is 1. The summed E-state index contributed by atoms with van der Waals surface area (Å²) in [5, 5.41) is 5.73. The number of nitrogens with one attached hydrogen (secondary N) is 2. The predicted octanol–water partition coefficient (Wildman–Crippen LogP) is 3.70. The van der Waals surface area contributed by atoms with Gasteiger partial charge in [0.2, 0.25) is 0 Å². The van der Waals surface area contributed by atoms with E-state index in [-0.39, 0.29) is 36.2 Å². The molecule has 0 atom stereocenters. The zero-order chi connectivity index (χ0) is 20.7. The molecule has 13 heteroatoms. The number of benzene rings is 1. The van der Waals surface area contributed by atoms with Gasteiger partial charge in [0.15, 0.2) is 0 Å². The first-order chi connectivity index (χ1) is 13.0. The van der Waals surface area contributed by atoms with Gasteiger partial charge in [-0.05, 0) is 30.5 Å². The molecule has 0 amide bonds. The van der Waals surface area contributed by atoms with Crippen LogP contribution in [-0.2, 0) is 27.1 Å². The Balaban J connectivity index is 2.04. The summed E-state index contributed by atoms with van der Waals surface area (Å²) in [7, 11) is -6.39. The number of anilines is 2. The van der Waals surface area contributed by atoms with Crippen LogP contribution in [0.1, 0.15) is 5.69 Å². The third kappa shape index (κ3) is 4.28. The lowest BCUT2D eigenvalue weighted by Crippen LogP contribution is -2.17. The molecule has 0 aliphatic carbocycles. The Labute approximate surface area is 176 Å². The zero-order valence-corrected chi connectivity index (χ0v) is 18.4. The van der Waals surface area contributed by atoms with Crippen molar-refractivity contribution in [1.82, 2.24) is 9.78 Å². The second kappa shape index (κ2) is 7.56. The molecule has 28 heavy (non-hydrogen) atoms. The van der Waals surface area contributed by atoms with Crippen molar-refractivity contribution >= 4 is 66.0 Å². The molecule has 0 radical (unpaired) electrons. The second-order valence-electron chi connectivity index (χ2n) is 5.71. The van der Waals surface area contributed by atoms with Gasteiger partial charge in [0.05, 0.1) is 27.1 Å². The van der Waals surface area contributed by atoms with Gasteiger partial charge in [-0.2, -0.15) is 5.10 Å². The van der Waals surface area contributed by atoms with Crippen LogP contribution in [0.4, 0.5) is 11.4 Å². The largest absolute Gasteiger partial charge is 0.277 e. The number of hydrogen-bond donors (Lipinski definition) is 2. The van der Waals surface area contributed by atoms with Gasteiger partial charge in [0.1, 0.15) is 9.10 Å². The number of aryl methyl sites for hydroxylation is 2. The molecule has 2 N–H and O–H groups in total. The fourth-order valence-corrected chi connectivity index (χ4v) is 6.05. The lowest BCUT2D eigenvalue weighted by Gasteiger charge is -2.15. The SMILES string of the molecule is Cc1nn(C)cc1S(=O)(=O)Nc1cc(Cl)c(Cl)cc1NS(=O)(=O)c1cccs1. The van der Waals surface area contributed by atoms with E-state index in [0.717, 1.165) is 11.3 Å². The van der Waals surface area contributed by atoms with Crippen molar-refractivity contribution < 1.29 is 16.8 Å². The number of halogens is 2. The number of nitrogens with zero attached hydrogens (tertiary/aromatic N) is 2. The summed E-state index contributed by atoms with van der Waals surface area (Å²) < 4.78 is 56.7. The van der Waals surface area contributed by atoms with Gasteiger partial charge in [-0.1, -0.05) is 29.3 Å². The van der Waals surface area contributed by atoms with E-state index in [4.69, 9.17) is 23.2 Å². The van der Waals surface area contributed by atoms with Gasteiger partial charge in [0.25, 0.3) is 20.0 Å². The van der Waals surface area contributed by atoms with Crippen molar-refractivity contribution in [2.45, 2.75) is 16.0 Å². The Morgan fingerprint density at radius 3 is 2.07 bits per heavy atom. The maximum absolute atomic E-state index is 12.8. The third-order valence-corrected chi connectivity index (χ3v) is 8.52. The molecule has 0 unspecified atom stereocenters. The van der Waals surface area contributed by atoms with Gasteiger partial charge < -0.3 is 0 Å². The fourth-order valence-electron chi connectivity index (χ4n) is 2.37. The van der Waals surface area contributed by atoms with E-state index in [1.807, 2.05) is 0 Å². The maximum atomic E-state index is 12.8. The van der Waals surface area contributed by atoms with E-state index >= 15 is 0 Å². The van der Waals surface area contributed by atoms with E-state index in [1.165, 1.54) is 29.1 Å². The molecule has 0 saturated heterocycles. The van der Waals surface area contributed by atoms with Crippen LogP contribution in [0.2, 0.25) is 10.0 Å². The number of rotatable bonds is 6. The molecule has 0 fully saturated rings. The van der Waals surface area contributed by atoms with Crippen LogP contribution in [0.15, 0.2) is 44.9 Å². The Morgan fingerprint density at radius 2 is 1.61 bits per heavy atom. The summed E-state index contributed by atoms with van der Waals surface area (Å²) in [5.41, 5.74) is 0.154. The minimum absolute atomic E-state index is 0.0480. The highest BCUT2D eigenvalue weighted by Crippen LogP contribution is 2.35. The average molecular weight is 481 g/mol. The normalized spacial score (nSPS) is 12.1. The van der Waals surface area contributed by atoms with Gasteiger partial charge >= 0.3 is 0 Å². The van der Waals surface area contributed by atoms with E-state index in [9.17, 15) is 16.8 Å². The standard InChI is InChI=1S/C15H14Cl2N4O4S3/c1-9-14(8-21(2)18-9)27(22,23)19-12-6-10(16)11(17)7-13(12)20-28(24,25)15-4-3-5-26-15/h3-8,19-20H,1-2H3. The zero-order valence-electron chi connectivity index (χ0n) is 14.5. The lowest BCUT2D eigenvalue weighted by molar-refractivity contribution is 0.599. The first-order valence-corrected chi connectivity index (χ1v) is 12.2. The quantitative estimate of drug-likeness (QED) is 0.558. The molecule has 8 nitrogen and oxygen atoms in total. The molecule has 1 aromatic carbocycles. The van der Waals surface area contributed by atoms with Crippen LogP contribution in [-0.4, -0.2) is 26.6 Å². The van der Waals surface area contributed by atoms with Crippen molar-refractivity contribution in [2.24, 2.45) is 7.05 Å². The summed E-state index contributed by atoms with van der Waals surface area (Å²) in [6.45, 7) is 1.55. The van der Waals surface area contributed by atoms with Crippen LogP contribution < -0.4 is 9.44 Å². The van der Waals surface area contributed by atoms with Crippen molar-refractivity contribution in [2.75, 3.05) is 9.44 Å². The molecule has 0 spiro atoms. The molecule has 0 aliphatic heterocycles. The minimum atomic E-state index is -4.05. The highest BCUT2D eigenvalue weighted by Gasteiger charge is 2.24. The number of sulfonamides is 2. The maximum Gasteiger partial charge on any atom is 0.271 e. The van der Waals surface area contributed by atoms with Crippen LogP contribution in [0.3, 0.4) is 0 Å². The first kappa shape index (κ1) is 20.9. The van der Waals surface area contributed by atoms with E-state index < -0.39 is 20.0 Å². The van der Waals surface area contributed by atoms with Crippen molar-refractivity contribution in [3.8, 4) is 0 Å². The molecular formula is C15H14Cl2N4O4S3. The smallest absolute Gasteiger partial charge is 0.271 e. The second-order valence-corrected chi connectivity index (χ2v) is 11.0.